The van der Waals surface area contributed by atoms with Crippen LogP contribution in [-0.2, 0) is 23.3 Å². The zero-order valence-electron chi connectivity index (χ0n) is 10.2. The zero-order valence-corrected chi connectivity index (χ0v) is 10.2. The Kier molecular flexibility index (Phi) is 2.08. The van der Waals surface area contributed by atoms with E-state index in [4.69, 9.17) is 4.74 Å². The molecule has 4 heteroatoms. The summed E-state index contributed by atoms with van der Waals surface area (Å²) < 4.78 is 7.95. The van der Waals surface area contributed by atoms with Gasteiger partial charge in [-0.25, -0.2) is 0 Å². The number of fused-ring (bicyclic) bond motifs is 2. The minimum absolute atomic E-state index is 0.182. The molecule has 18 heavy (non-hydrogen) atoms. The summed E-state index contributed by atoms with van der Waals surface area (Å²) in [6, 6.07) is 10.5. The van der Waals surface area contributed by atoms with Gasteiger partial charge in [0.1, 0.15) is 12.4 Å². The first-order valence-electron chi connectivity index (χ1n) is 6.43. The molecule has 2 aromatic rings. The summed E-state index contributed by atoms with van der Waals surface area (Å²) >= 11 is 0. The van der Waals surface area contributed by atoms with Crippen molar-refractivity contribution in [3.8, 4) is 0 Å². The fraction of sp³-hybridized carbons (Fsp3) is 0.429. The highest BCUT2D eigenvalue weighted by Gasteiger charge is 2.49. The van der Waals surface area contributed by atoms with Gasteiger partial charge in [-0.05, 0) is 18.4 Å². The van der Waals surface area contributed by atoms with Crippen LogP contribution in [0.2, 0.25) is 0 Å². The lowest BCUT2D eigenvalue weighted by Crippen LogP contribution is -2.32. The van der Waals surface area contributed by atoms with Crippen molar-refractivity contribution in [2.75, 3.05) is 6.61 Å². The summed E-state index contributed by atoms with van der Waals surface area (Å²) in [6.45, 7) is 1.42. The number of rotatable bonds is 2. The van der Waals surface area contributed by atoms with Gasteiger partial charge in [-0.1, -0.05) is 30.3 Å². The topological polar surface area (TPSA) is 39.9 Å². The van der Waals surface area contributed by atoms with Crippen LogP contribution < -0.4 is 0 Å². The molecule has 1 spiro atoms. The van der Waals surface area contributed by atoms with E-state index < -0.39 is 0 Å². The maximum atomic E-state index is 5.61. The van der Waals surface area contributed by atoms with Crippen LogP contribution in [0.3, 0.4) is 0 Å². The molecule has 0 atom stereocenters. The van der Waals surface area contributed by atoms with Gasteiger partial charge in [0.25, 0.3) is 0 Å². The molecule has 4 nitrogen and oxygen atoms in total. The summed E-state index contributed by atoms with van der Waals surface area (Å²) in [7, 11) is 0. The Labute approximate surface area is 106 Å². The molecule has 0 radical (unpaired) electrons. The van der Waals surface area contributed by atoms with E-state index in [9.17, 15) is 0 Å². The molecule has 0 amide bonds. The third-order valence-electron chi connectivity index (χ3n) is 3.91. The lowest BCUT2D eigenvalue weighted by molar-refractivity contribution is 0.0435. The number of hydrogen-bond acceptors (Lipinski definition) is 3. The van der Waals surface area contributed by atoms with Gasteiger partial charge >= 0.3 is 0 Å². The van der Waals surface area contributed by atoms with Crippen LogP contribution in [-0.4, -0.2) is 21.4 Å². The minimum Gasteiger partial charge on any atom is -0.371 e. The standard InChI is InChI=1S/C14H15N3O/c1-2-4-11(5-3-1)8-12-15-16-13-9-18-10-14(6-7-14)17(12)13/h1-5H,6-10H2. The first kappa shape index (κ1) is 10.3. The van der Waals surface area contributed by atoms with Crippen molar-refractivity contribution in [1.29, 1.82) is 0 Å². The van der Waals surface area contributed by atoms with Gasteiger partial charge in [-0.15, -0.1) is 10.2 Å². The molecule has 0 unspecified atom stereocenters. The summed E-state index contributed by atoms with van der Waals surface area (Å²) in [6.07, 6.45) is 3.25. The van der Waals surface area contributed by atoms with Crippen molar-refractivity contribution in [2.24, 2.45) is 0 Å². The van der Waals surface area contributed by atoms with Gasteiger partial charge in [-0.2, -0.15) is 0 Å². The van der Waals surface area contributed by atoms with E-state index >= 15 is 0 Å². The summed E-state index contributed by atoms with van der Waals surface area (Å²) in [4.78, 5) is 0. The Balaban J connectivity index is 1.72. The monoisotopic (exact) mass is 241 g/mol. The molecule has 0 bridgehead atoms. The van der Waals surface area contributed by atoms with Crippen molar-refractivity contribution in [3.05, 3.63) is 47.5 Å². The smallest absolute Gasteiger partial charge is 0.159 e. The first-order chi connectivity index (χ1) is 8.87. The number of nitrogens with zero attached hydrogens (tertiary/aromatic N) is 3. The second kappa shape index (κ2) is 3.65. The van der Waals surface area contributed by atoms with Crippen LogP contribution in [0.15, 0.2) is 30.3 Å². The summed E-state index contributed by atoms with van der Waals surface area (Å²) in [5.74, 6) is 2.07. The fourth-order valence-corrected chi connectivity index (χ4v) is 2.80. The average Bonchev–Trinajstić information content (AvgIpc) is 3.04. The van der Waals surface area contributed by atoms with Crippen molar-refractivity contribution in [3.63, 3.8) is 0 Å². The van der Waals surface area contributed by atoms with E-state index in [1.54, 1.807) is 0 Å². The molecule has 1 aromatic carbocycles. The van der Waals surface area contributed by atoms with E-state index in [1.807, 2.05) is 6.07 Å². The molecular weight excluding hydrogens is 226 g/mol. The molecule has 0 saturated heterocycles. The first-order valence-corrected chi connectivity index (χ1v) is 6.43. The Bertz CT molecular complexity index is 572. The SMILES string of the molecule is c1ccc(Cc2nnc3n2C2(CC2)COC3)cc1. The Morgan fingerprint density at radius 1 is 1.17 bits per heavy atom. The lowest BCUT2D eigenvalue weighted by Gasteiger charge is -2.25. The van der Waals surface area contributed by atoms with E-state index in [2.05, 4.69) is 39.0 Å². The van der Waals surface area contributed by atoms with Gasteiger partial charge in [0.15, 0.2) is 5.82 Å². The molecule has 0 N–H and O–H groups in total. The van der Waals surface area contributed by atoms with Crippen molar-refractivity contribution in [1.82, 2.24) is 14.8 Å². The van der Waals surface area contributed by atoms with Crippen LogP contribution in [0.25, 0.3) is 0 Å². The molecule has 1 aliphatic carbocycles. The molecule has 92 valence electrons. The summed E-state index contributed by atoms with van der Waals surface area (Å²) in [5, 5.41) is 8.64. The van der Waals surface area contributed by atoms with E-state index in [1.165, 1.54) is 18.4 Å². The quantitative estimate of drug-likeness (QED) is 0.806. The minimum atomic E-state index is 0.182. The predicted octanol–water partition coefficient (Wildman–Crippen LogP) is 1.89. The van der Waals surface area contributed by atoms with E-state index in [0.717, 1.165) is 24.7 Å². The Morgan fingerprint density at radius 3 is 2.78 bits per heavy atom. The third kappa shape index (κ3) is 1.49. The second-order valence-corrected chi connectivity index (χ2v) is 5.25. The third-order valence-corrected chi connectivity index (χ3v) is 3.91. The molecule has 1 aliphatic heterocycles. The van der Waals surface area contributed by atoms with Crippen LogP contribution in [0.5, 0.6) is 0 Å². The van der Waals surface area contributed by atoms with Gasteiger partial charge in [0, 0.05) is 6.42 Å². The molecular formula is C14H15N3O. The van der Waals surface area contributed by atoms with E-state index in [-0.39, 0.29) is 5.54 Å². The Morgan fingerprint density at radius 2 is 2.00 bits per heavy atom. The highest BCUT2D eigenvalue weighted by molar-refractivity contribution is 5.22. The molecule has 1 fully saturated rings. The molecule has 1 saturated carbocycles. The average molecular weight is 241 g/mol. The maximum Gasteiger partial charge on any atom is 0.159 e. The zero-order chi connectivity index (χ0) is 12.0. The van der Waals surface area contributed by atoms with E-state index in [0.29, 0.717) is 6.61 Å². The number of aromatic nitrogens is 3. The van der Waals surface area contributed by atoms with Crippen LogP contribution in [0.1, 0.15) is 30.1 Å². The summed E-state index contributed by atoms with van der Waals surface area (Å²) in [5.41, 5.74) is 1.47. The maximum absolute atomic E-state index is 5.61. The second-order valence-electron chi connectivity index (χ2n) is 5.25. The highest BCUT2D eigenvalue weighted by atomic mass is 16.5. The van der Waals surface area contributed by atoms with Gasteiger partial charge in [0.2, 0.25) is 0 Å². The van der Waals surface area contributed by atoms with Crippen molar-refractivity contribution >= 4 is 0 Å². The fourth-order valence-electron chi connectivity index (χ4n) is 2.80. The van der Waals surface area contributed by atoms with Gasteiger partial charge in [0.05, 0.1) is 12.1 Å². The molecule has 4 rings (SSSR count). The number of benzene rings is 1. The predicted molar refractivity (Wildman–Crippen MR) is 66.1 cm³/mol. The lowest BCUT2D eigenvalue weighted by atomic mass is 10.1. The molecule has 2 aliphatic rings. The highest BCUT2D eigenvalue weighted by Crippen LogP contribution is 2.47. The number of ether oxygens (including phenoxy) is 1. The van der Waals surface area contributed by atoms with Crippen molar-refractivity contribution < 1.29 is 4.74 Å². The van der Waals surface area contributed by atoms with Gasteiger partial charge < -0.3 is 9.30 Å². The van der Waals surface area contributed by atoms with Crippen LogP contribution >= 0.6 is 0 Å². The molecule has 2 heterocycles. The normalized spacial score (nSPS) is 19.8. The van der Waals surface area contributed by atoms with Gasteiger partial charge in [-0.3, -0.25) is 0 Å². The van der Waals surface area contributed by atoms with Crippen LogP contribution in [0, 0.1) is 0 Å². The number of hydrogen-bond donors (Lipinski definition) is 0. The Hall–Kier alpha value is -1.68. The van der Waals surface area contributed by atoms with Crippen LogP contribution in [0.4, 0.5) is 0 Å². The molecule has 1 aromatic heterocycles. The van der Waals surface area contributed by atoms with Crippen molar-refractivity contribution in [2.45, 2.75) is 31.4 Å². The largest absolute Gasteiger partial charge is 0.371 e.